The van der Waals surface area contributed by atoms with Crippen LogP contribution in [0.2, 0.25) is 0 Å². The van der Waals surface area contributed by atoms with Crippen molar-refractivity contribution in [2.75, 3.05) is 38.2 Å². The van der Waals surface area contributed by atoms with E-state index in [2.05, 4.69) is 57.1 Å². The van der Waals surface area contributed by atoms with E-state index in [1.807, 2.05) is 4.90 Å². The van der Waals surface area contributed by atoms with Gasteiger partial charge in [0.1, 0.15) is 18.1 Å². The van der Waals surface area contributed by atoms with Crippen LogP contribution in [0.15, 0.2) is 46.2 Å². The number of ether oxygens (including phenoxy) is 1. The van der Waals surface area contributed by atoms with Crippen LogP contribution in [0.4, 0.5) is 16.0 Å². The number of carbonyl (C=O) groups is 1. The predicted octanol–water partition coefficient (Wildman–Crippen LogP) is 4.57. The monoisotopic (exact) mass is 688 g/mol. The number of aromatic nitrogens is 2. The molecule has 4 N–H and O–H groups in total. The van der Waals surface area contributed by atoms with Gasteiger partial charge < -0.3 is 30.9 Å². The average Bonchev–Trinajstić information content (AvgIpc) is 3.02. The number of nitrogens with two attached hydrogens (primary N) is 1. The number of methoxy groups -OCH3 is 1. The molecule has 3 heterocycles. The molecule has 270 valence electrons. The molecule has 4 atom stereocenters. The maximum Gasteiger partial charge on any atom is 0.262 e. The van der Waals surface area contributed by atoms with Gasteiger partial charge in [-0.2, -0.15) is 0 Å². The molecular formula is C38H53FN8O3. The molecule has 0 spiro atoms. The summed E-state index contributed by atoms with van der Waals surface area (Å²) >= 11 is 0. The summed E-state index contributed by atoms with van der Waals surface area (Å²) in [6.07, 6.45) is 3.58. The molecule has 3 aliphatic rings. The molecule has 2 unspecified atom stereocenters. The minimum atomic E-state index is -0.507. The fraction of sp³-hybridized carbons (Fsp3) is 0.579. The first-order valence-corrected chi connectivity index (χ1v) is 17.9. The van der Waals surface area contributed by atoms with Crippen molar-refractivity contribution in [1.29, 1.82) is 0 Å². The number of benzene rings is 2. The van der Waals surface area contributed by atoms with E-state index < -0.39 is 5.54 Å². The van der Waals surface area contributed by atoms with Crippen LogP contribution in [0.25, 0.3) is 10.9 Å². The lowest BCUT2D eigenvalue weighted by Crippen LogP contribution is -2.71. The van der Waals surface area contributed by atoms with Gasteiger partial charge in [0.15, 0.2) is 5.96 Å². The Balaban J connectivity index is 1.36. The number of hydrogen-bond donors (Lipinski definition) is 3. The molecule has 6 rings (SSSR count). The minimum absolute atomic E-state index is 0.0337. The average molecular weight is 689 g/mol. The Hall–Kier alpha value is -4.19. The predicted molar refractivity (Wildman–Crippen MR) is 197 cm³/mol. The SMILES string of the molecule is COc1ccc(CCn2c(N3CCN[C@@H](C)C3)nc3cc(N=C(N)N4CC(=O)NC(C)(C)C4C4C[C@@H](C)CC(C)(C)C4)ccc3c2=O)c(F)c1. The summed E-state index contributed by atoms with van der Waals surface area (Å²) in [5.41, 5.74) is 7.85. The van der Waals surface area contributed by atoms with E-state index in [0.29, 0.717) is 65.2 Å². The Labute approximate surface area is 294 Å². The first-order chi connectivity index (χ1) is 23.6. The highest BCUT2D eigenvalue weighted by Crippen LogP contribution is 2.46. The zero-order chi connectivity index (χ0) is 36.0. The highest BCUT2D eigenvalue weighted by molar-refractivity contribution is 5.90. The number of nitrogens with one attached hydrogen (secondary N) is 2. The van der Waals surface area contributed by atoms with Crippen LogP contribution >= 0.6 is 0 Å². The fourth-order valence-electron chi connectivity index (χ4n) is 8.95. The molecule has 1 aliphatic carbocycles. The van der Waals surface area contributed by atoms with Crippen molar-refractivity contribution in [3.05, 3.63) is 58.1 Å². The van der Waals surface area contributed by atoms with E-state index in [-0.39, 0.29) is 53.8 Å². The number of hydrogen-bond acceptors (Lipinski definition) is 7. The largest absolute Gasteiger partial charge is 0.497 e. The summed E-state index contributed by atoms with van der Waals surface area (Å²) in [5, 5.41) is 7.12. The lowest BCUT2D eigenvalue weighted by Gasteiger charge is -2.53. The van der Waals surface area contributed by atoms with Gasteiger partial charge in [0.2, 0.25) is 11.9 Å². The number of piperazine rings is 2. The molecule has 3 fully saturated rings. The third-order valence-corrected chi connectivity index (χ3v) is 10.7. The number of anilines is 1. The van der Waals surface area contributed by atoms with Crippen molar-refractivity contribution in [2.45, 2.75) is 91.4 Å². The van der Waals surface area contributed by atoms with Crippen LogP contribution in [0.5, 0.6) is 5.75 Å². The summed E-state index contributed by atoms with van der Waals surface area (Å²) in [6, 6.07) is 10.3. The molecule has 1 aromatic heterocycles. The smallest absolute Gasteiger partial charge is 0.262 e. The second kappa shape index (κ2) is 13.8. The van der Waals surface area contributed by atoms with Crippen LogP contribution in [0.1, 0.15) is 66.4 Å². The molecule has 1 saturated carbocycles. The Morgan fingerprint density at radius 2 is 1.90 bits per heavy atom. The van der Waals surface area contributed by atoms with Gasteiger partial charge in [-0.3, -0.25) is 14.2 Å². The lowest BCUT2D eigenvalue weighted by molar-refractivity contribution is -0.129. The van der Waals surface area contributed by atoms with E-state index in [9.17, 15) is 14.0 Å². The second-order valence-electron chi connectivity index (χ2n) is 16.1. The van der Waals surface area contributed by atoms with Gasteiger partial charge in [0.25, 0.3) is 5.56 Å². The Morgan fingerprint density at radius 3 is 2.60 bits per heavy atom. The molecular weight excluding hydrogens is 635 g/mol. The van der Waals surface area contributed by atoms with Crippen molar-refractivity contribution >= 4 is 34.4 Å². The van der Waals surface area contributed by atoms with Gasteiger partial charge in [0, 0.05) is 38.3 Å². The molecule has 12 heteroatoms. The molecule has 50 heavy (non-hydrogen) atoms. The van der Waals surface area contributed by atoms with Crippen molar-refractivity contribution in [2.24, 2.45) is 28.0 Å². The molecule has 2 saturated heterocycles. The van der Waals surface area contributed by atoms with Gasteiger partial charge in [-0.05, 0) is 93.5 Å². The van der Waals surface area contributed by atoms with Gasteiger partial charge >= 0.3 is 0 Å². The number of halogens is 1. The van der Waals surface area contributed by atoms with Crippen molar-refractivity contribution < 1.29 is 13.9 Å². The number of aryl methyl sites for hydroxylation is 1. The fourth-order valence-corrected chi connectivity index (χ4v) is 8.95. The van der Waals surface area contributed by atoms with Gasteiger partial charge in [-0.1, -0.05) is 26.8 Å². The number of guanidine groups is 1. The first-order valence-electron chi connectivity index (χ1n) is 17.9. The Bertz CT molecular complexity index is 1840. The van der Waals surface area contributed by atoms with E-state index in [1.54, 1.807) is 34.9 Å². The third kappa shape index (κ3) is 7.45. The zero-order valence-corrected chi connectivity index (χ0v) is 30.6. The molecule has 3 aromatic rings. The number of amides is 1. The highest BCUT2D eigenvalue weighted by atomic mass is 19.1. The first kappa shape index (κ1) is 35.6. The summed E-state index contributed by atoms with van der Waals surface area (Å²) < 4.78 is 21.7. The van der Waals surface area contributed by atoms with Crippen molar-refractivity contribution in [1.82, 2.24) is 25.1 Å². The number of carbonyl (C=O) groups excluding carboxylic acids is 1. The van der Waals surface area contributed by atoms with E-state index >= 15 is 0 Å². The molecule has 1 amide bonds. The Kier molecular flexibility index (Phi) is 9.87. The second-order valence-corrected chi connectivity index (χ2v) is 16.1. The molecule has 11 nitrogen and oxygen atoms in total. The number of rotatable bonds is 7. The zero-order valence-electron chi connectivity index (χ0n) is 30.6. The normalized spacial score (nSPS) is 25.4. The molecule has 0 radical (unpaired) electrons. The number of fused-ring (bicyclic) bond motifs is 1. The molecule has 2 aliphatic heterocycles. The van der Waals surface area contributed by atoms with Gasteiger partial charge in [-0.25, -0.2) is 14.4 Å². The van der Waals surface area contributed by atoms with Crippen molar-refractivity contribution in [3.8, 4) is 5.75 Å². The summed E-state index contributed by atoms with van der Waals surface area (Å²) in [4.78, 5) is 41.1. The van der Waals surface area contributed by atoms with E-state index in [1.165, 1.54) is 19.6 Å². The lowest BCUT2D eigenvalue weighted by atomic mass is 9.63. The molecule has 2 aromatic carbocycles. The van der Waals surface area contributed by atoms with Crippen LogP contribution in [0.3, 0.4) is 0 Å². The third-order valence-electron chi connectivity index (χ3n) is 10.7. The van der Waals surface area contributed by atoms with Gasteiger partial charge in [-0.15, -0.1) is 0 Å². The maximum absolute atomic E-state index is 14.9. The quantitative estimate of drug-likeness (QED) is 0.243. The maximum atomic E-state index is 14.9. The van der Waals surface area contributed by atoms with E-state index in [0.717, 1.165) is 19.4 Å². The van der Waals surface area contributed by atoms with Crippen LogP contribution in [-0.2, 0) is 17.8 Å². The summed E-state index contributed by atoms with van der Waals surface area (Å²) in [5.74, 6) is 1.70. The summed E-state index contributed by atoms with van der Waals surface area (Å²) in [6.45, 7) is 15.7. The molecule has 0 bridgehead atoms. The highest BCUT2D eigenvalue weighted by Gasteiger charge is 2.48. The topological polar surface area (TPSA) is 130 Å². The minimum Gasteiger partial charge on any atom is -0.497 e. The van der Waals surface area contributed by atoms with E-state index in [4.69, 9.17) is 20.4 Å². The summed E-state index contributed by atoms with van der Waals surface area (Å²) in [7, 11) is 1.50. The Morgan fingerprint density at radius 1 is 1.12 bits per heavy atom. The van der Waals surface area contributed by atoms with Crippen LogP contribution in [-0.4, -0.2) is 77.2 Å². The standard InChI is InChI=1S/C38H53FN8O3/c1-23-16-26(20-37(3,4)19-23)33-38(5,6)44-32(48)22-47(33)35(40)42-27-9-11-29-31(17-27)43-36(45-15-13-41-24(2)21-45)46(34(29)49)14-12-25-8-10-28(50-7)18-30(25)39/h8-11,17-18,23-24,26,33,41H,12-16,19-22H2,1-7H3,(H2,40,42)(H,44,48)/t23-,24+,26?,33?/m1/s1. The van der Waals surface area contributed by atoms with Crippen LogP contribution in [0, 0.1) is 23.1 Å². The van der Waals surface area contributed by atoms with Crippen LogP contribution < -0.4 is 31.6 Å². The number of nitrogens with zero attached hydrogens (tertiary/aromatic N) is 5. The van der Waals surface area contributed by atoms with Gasteiger partial charge in [0.05, 0.1) is 35.3 Å². The van der Waals surface area contributed by atoms with Crippen molar-refractivity contribution in [3.63, 3.8) is 0 Å². The number of aliphatic imine (C=N–C) groups is 1.